The Hall–Kier alpha value is -2.07. The molecule has 0 radical (unpaired) electrons. The number of methoxy groups -OCH3 is 1. The molecule has 1 aromatic carbocycles. The molecule has 3 rings (SSSR count). The van der Waals surface area contributed by atoms with Crippen molar-refractivity contribution in [3.63, 3.8) is 0 Å². The van der Waals surface area contributed by atoms with Crippen LogP contribution in [0.1, 0.15) is 24.1 Å². The quantitative estimate of drug-likeness (QED) is 0.937. The summed E-state index contributed by atoms with van der Waals surface area (Å²) in [6.45, 7) is 3.73. The van der Waals surface area contributed by atoms with Gasteiger partial charge < -0.3 is 14.8 Å². The van der Waals surface area contributed by atoms with E-state index in [1.54, 1.807) is 7.11 Å². The standard InChI is InChI=1S/C17H20N2O2/c1-12-11-21-15-6-4-3-5-14(15)17(12)19-10-13-7-8-16(20-2)18-9-13/h3-9,12,17,19H,10-11H2,1-2H3. The van der Waals surface area contributed by atoms with E-state index in [4.69, 9.17) is 9.47 Å². The Morgan fingerprint density at radius 3 is 2.90 bits per heavy atom. The number of benzene rings is 1. The maximum atomic E-state index is 5.78. The van der Waals surface area contributed by atoms with E-state index in [2.05, 4.69) is 29.4 Å². The van der Waals surface area contributed by atoms with Crippen LogP contribution in [0.3, 0.4) is 0 Å². The summed E-state index contributed by atoms with van der Waals surface area (Å²) in [5.41, 5.74) is 2.38. The molecule has 2 heterocycles. The first-order chi connectivity index (χ1) is 10.3. The molecule has 0 amide bonds. The normalized spacial score (nSPS) is 20.5. The van der Waals surface area contributed by atoms with Gasteiger partial charge >= 0.3 is 0 Å². The van der Waals surface area contributed by atoms with Gasteiger partial charge in [0.05, 0.1) is 13.7 Å². The van der Waals surface area contributed by atoms with E-state index in [9.17, 15) is 0 Å². The van der Waals surface area contributed by atoms with Crippen LogP contribution in [0.2, 0.25) is 0 Å². The topological polar surface area (TPSA) is 43.4 Å². The minimum Gasteiger partial charge on any atom is -0.493 e. The van der Waals surface area contributed by atoms with Gasteiger partial charge in [-0.05, 0) is 11.6 Å². The van der Waals surface area contributed by atoms with Gasteiger partial charge in [-0.1, -0.05) is 31.2 Å². The smallest absolute Gasteiger partial charge is 0.212 e. The van der Waals surface area contributed by atoms with Crippen LogP contribution in [-0.4, -0.2) is 18.7 Å². The van der Waals surface area contributed by atoms with Crippen molar-refractivity contribution in [2.45, 2.75) is 19.5 Å². The van der Waals surface area contributed by atoms with E-state index in [-0.39, 0.29) is 0 Å². The maximum Gasteiger partial charge on any atom is 0.212 e. The molecular weight excluding hydrogens is 264 g/mol. The van der Waals surface area contributed by atoms with Gasteiger partial charge in [0.2, 0.25) is 5.88 Å². The first-order valence-corrected chi connectivity index (χ1v) is 7.22. The number of aromatic nitrogens is 1. The molecule has 0 aliphatic carbocycles. The Morgan fingerprint density at radius 2 is 2.14 bits per heavy atom. The molecule has 0 saturated carbocycles. The van der Waals surface area contributed by atoms with E-state index >= 15 is 0 Å². The number of hydrogen-bond donors (Lipinski definition) is 1. The molecule has 0 saturated heterocycles. The van der Waals surface area contributed by atoms with Crippen molar-refractivity contribution in [1.82, 2.24) is 10.3 Å². The predicted octanol–water partition coefficient (Wildman–Crippen LogP) is 2.95. The van der Waals surface area contributed by atoms with E-state index in [0.29, 0.717) is 17.8 Å². The van der Waals surface area contributed by atoms with Crippen molar-refractivity contribution >= 4 is 0 Å². The third-order valence-corrected chi connectivity index (χ3v) is 3.86. The molecule has 110 valence electrons. The summed E-state index contributed by atoms with van der Waals surface area (Å²) < 4.78 is 10.9. The van der Waals surface area contributed by atoms with Crippen LogP contribution >= 0.6 is 0 Å². The monoisotopic (exact) mass is 284 g/mol. The van der Waals surface area contributed by atoms with E-state index in [1.807, 2.05) is 30.5 Å². The summed E-state index contributed by atoms with van der Waals surface area (Å²) in [4.78, 5) is 4.24. The molecule has 4 heteroatoms. The predicted molar refractivity (Wildman–Crippen MR) is 81.5 cm³/mol. The summed E-state index contributed by atoms with van der Waals surface area (Å²) in [6.07, 6.45) is 1.85. The number of para-hydroxylation sites is 1. The average molecular weight is 284 g/mol. The van der Waals surface area contributed by atoms with Crippen molar-refractivity contribution < 1.29 is 9.47 Å². The minimum atomic E-state index is 0.303. The number of nitrogens with zero attached hydrogens (tertiary/aromatic N) is 1. The lowest BCUT2D eigenvalue weighted by molar-refractivity contribution is 0.188. The molecule has 1 N–H and O–H groups in total. The van der Waals surface area contributed by atoms with E-state index in [1.165, 1.54) is 5.56 Å². The number of rotatable bonds is 4. The largest absolute Gasteiger partial charge is 0.493 e. The summed E-state index contributed by atoms with van der Waals surface area (Å²) in [7, 11) is 1.63. The lowest BCUT2D eigenvalue weighted by Crippen LogP contribution is -2.33. The molecule has 2 aromatic rings. The fourth-order valence-corrected chi connectivity index (χ4v) is 2.67. The Bertz CT molecular complexity index is 598. The molecule has 2 atom stereocenters. The highest BCUT2D eigenvalue weighted by molar-refractivity contribution is 5.38. The van der Waals surface area contributed by atoms with Crippen LogP contribution in [0.4, 0.5) is 0 Å². The third-order valence-electron chi connectivity index (χ3n) is 3.86. The van der Waals surface area contributed by atoms with Crippen molar-refractivity contribution in [1.29, 1.82) is 0 Å². The number of hydrogen-bond acceptors (Lipinski definition) is 4. The Balaban J connectivity index is 1.72. The summed E-state index contributed by atoms with van der Waals surface area (Å²) in [6, 6.07) is 12.5. The van der Waals surface area contributed by atoms with Gasteiger partial charge in [-0.25, -0.2) is 4.98 Å². The summed E-state index contributed by atoms with van der Waals surface area (Å²) >= 11 is 0. The summed E-state index contributed by atoms with van der Waals surface area (Å²) in [5.74, 6) is 2.07. The molecule has 1 aliphatic rings. The van der Waals surface area contributed by atoms with Crippen molar-refractivity contribution in [2.75, 3.05) is 13.7 Å². The number of fused-ring (bicyclic) bond motifs is 1. The Morgan fingerprint density at radius 1 is 1.29 bits per heavy atom. The second kappa shape index (κ2) is 6.14. The Kier molecular flexibility index (Phi) is 4.06. The molecule has 21 heavy (non-hydrogen) atoms. The molecule has 0 fully saturated rings. The number of pyridine rings is 1. The zero-order chi connectivity index (χ0) is 14.7. The highest BCUT2D eigenvalue weighted by Crippen LogP contribution is 2.35. The maximum absolute atomic E-state index is 5.78. The van der Waals surface area contributed by atoms with Crippen molar-refractivity contribution in [2.24, 2.45) is 5.92 Å². The average Bonchev–Trinajstić information content (AvgIpc) is 2.54. The van der Waals surface area contributed by atoms with Gasteiger partial charge in [-0.15, -0.1) is 0 Å². The summed E-state index contributed by atoms with van der Waals surface area (Å²) in [5, 5.41) is 3.62. The number of nitrogens with one attached hydrogen (secondary N) is 1. The molecule has 1 aliphatic heterocycles. The van der Waals surface area contributed by atoms with Gasteiger partial charge in [0.15, 0.2) is 0 Å². The molecular formula is C17H20N2O2. The van der Waals surface area contributed by atoms with Crippen LogP contribution < -0.4 is 14.8 Å². The van der Waals surface area contributed by atoms with Crippen LogP contribution in [0.25, 0.3) is 0 Å². The highest BCUT2D eigenvalue weighted by Gasteiger charge is 2.27. The van der Waals surface area contributed by atoms with E-state index in [0.717, 1.165) is 24.5 Å². The van der Waals surface area contributed by atoms with Gasteiger partial charge in [-0.2, -0.15) is 0 Å². The lowest BCUT2D eigenvalue weighted by atomic mass is 9.92. The molecule has 1 aromatic heterocycles. The SMILES string of the molecule is COc1ccc(CNC2c3ccccc3OCC2C)cn1. The van der Waals surface area contributed by atoms with Crippen LogP contribution in [-0.2, 0) is 6.54 Å². The second-order valence-corrected chi connectivity index (χ2v) is 5.39. The highest BCUT2D eigenvalue weighted by atomic mass is 16.5. The third kappa shape index (κ3) is 3.00. The van der Waals surface area contributed by atoms with Crippen LogP contribution in [0.15, 0.2) is 42.6 Å². The fourth-order valence-electron chi connectivity index (χ4n) is 2.67. The fraction of sp³-hybridized carbons (Fsp3) is 0.353. The van der Waals surface area contributed by atoms with Crippen LogP contribution in [0.5, 0.6) is 11.6 Å². The molecule has 0 bridgehead atoms. The van der Waals surface area contributed by atoms with Gasteiger partial charge in [0, 0.05) is 36.3 Å². The zero-order valence-corrected chi connectivity index (χ0v) is 12.4. The lowest BCUT2D eigenvalue weighted by Gasteiger charge is -2.32. The second-order valence-electron chi connectivity index (χ2n) is 5.39. The van der Waals surface area contributed by atoms with Gasteiger partial charge in [0.25, 0.3) is 0 Å². The first kappa shape index (κ1) is 13.9. The molecule has 0 spiro atoms. The zero-order valence-electron chi connectivity index (χ0n) is 12.4. The van der Waals surface area contributed by atoms with Crippen molar-refractivity contribution in [3.05, 3.63) is 53.7 Å². The van der Waals surface area contributed by atoms with Crippen molar-refractivity contribution in [3.8, 4) is 11.6 Å². The minimum absolute atomic E-state index is 0.303. The first-order valence-electron chi connectivity index (χ1n) is 7.22. The number of ether oxygens (including phenoxy) is 2. The molecule has 2 unspecified atom stereocenters. The molecule has 4 nitrogen and oxygen atoms in total. The van der Waals surface area contributed by atoms with Gasteiger partial charge in [-0.3, -0.25) is 0 Å². The van der Waals surface area contributed by atoms with Gasteiger partial charge in [0.1, 0.15) is 5.75 Å². The Labute approximate surface area is 125 Å². The van der Waals surface area contributed by atoms with Crippen LogP contribution in [0, 0.1) is 5.92 Å². The van der Waals surface area contributed by atoms with E-state index < -0.39 is 0 Å².